The van der Waals surface area contributed by atoms with E-state index in [1.54, 1.807) is 32.2 Å². The van der Waals surface area contributed by atoms with Crippen LogP contribution in [0.25, 0.3) is 0 Å². The SMILES string of the molecule is CCC(C)(O)COc1cc(OC)ccc1C=O. The molecular formula is C13H18O4. The van der Waals surface area contributed by atoms with Gasteiger partial charge in [0.25, 0.3) is 0 Å². The van der Waals surface area contributed by atoms with E-state index < -0.39 is 5.60 Å². The molecule has 0 fully saturated rings. The number of aldehydes is 1. The van der Waals surface area contributed by atoms with Crippen molar-refractivity contribution in [1.29, 1.82) is 0 Å². The summed E-state index contributed by atoms with van der Waals surface area (Å²) in [7, 11) is 1.54. The highest BCUT2D eigenvalue weighted by Crippen LogP contribution is 2.24. The number of ether oxygens (including phenoxy) is 2. The van der Waals surface area contributed by atoms with Gasteiger partial charge in [-0.05, 0) is 25.5 Å². The minimum absolute atomic E-state index is 0.136. The van der Waals surface area contributed by atoms with Crippen LogP contribution in [0.4, 0.5) is 0 Å². The van der Waals surface area contributed by atoms with Gasteiger partial charge in [-0.25, -0.2) is 0 Å². The Balaban J connectivity index is 2.84. The third-order valence-corrected chi connectivity index (χ3v) is 2.65. The van der Waals surface area contributed by atoms with Gasteiger partial charge in [-0.1, -0.05) is 6.92 Å². The molecule has 4 heteroatoms. The van der Waals surface area contributed by atoms with Crippen molar-refractivity contribution < 1.29 is 19.4 Å². The van der Waals surface area contributed by atoms with Crippen LogP contribution in [0.15, 0.2) is 18.2 Å². The molecule has 1 aromatic carbocycles. The molecule has 4 nitrogen and oxygen atoms in total. The van der Waals surface area contributed by atoms with Gasteiger partial charge in [-0.3, -0.25) is 4.79 Å². The van der Waals surface area contributed by atoms with Crippen LogP contribution in [-0.2, 0) is 0 Å². The maximum Gasteiger partial charge on any atom is 0.153 e. The van der Waals surface area contributed by atoms with Crippen molar-refractivity contribution in [1.82, 2.24) is 0 Å². The van der Waals surface area contributed by atoms with Crippen LogP contribution in [0, 0.1) is 0 Å². The summed E-state index contributed by atoms with van der Waals surface area (Å²) in [4.78, 5) is 10.8. The second kappa shape index (κ2) is 5.68. The molecule has 1 aromatic rings. The summed E-state index contributed by atoms with van der Waals surface area (Å²) in [5.41, 5.74) is -0.457. The summed E-state index contributed by atoms with van der Waals surface area (Å²) in [6, 6.07) is 4.95. The van der Waals surface area contributed by atoms with Crippen LogP contribution >= 0.6 is 0 Å². The van der Waals surface area contributed by atoms with Crippen molar-refractivity contribution in [3.8, 4) is 11.5 Å². The predicted molar refractivity (Wildman–Crippen MR) is 64.8 cm³/mol. The number of hydrogen-bond donors (Lipinski definition) is 1. The molecule has 0 aromatic heterocycles. The van der Waals surface area contributed by atoms with Gasteiger partial charge in [0.1, 0.15) is 18.1 Å². The van der Waals surface area contributed by atoms with Crippen LogP contribution in [0.2, 0.25) is 0 Å². The second-order valence-corrected chi connectivity index (χ2v) is 4.16. The lowest BCUT2D eigenvalue weighted by Crippen LogP contribution is -2.31. The van der Waals surface area contributed by atoms with Gasteiger partial charge in [0.05, 0.1) is 18.3 Å². The molecule has 0 saturated heterocycles. The van der Waals surface area contributed by atoms with Crippen LogP contribution in [-0.4, -0.2) is 30.7 Å². The van der Waals surface area contributed by atoms with Crippen molar-refractivity contribution in [2.75, 3.05) is 13.7 Å². The molecule has 1 rings (SSSR count). The molecule has 0 bridgehead atoms. The zero-order valence-electron chi connectivity index (χ0n) is 10.4. The molecule has 1 atom stereocenters. The largest absolute Gasteiger partial charge is 0.497 e. The van der Waals surface area contributed by atoms with Crippen molar-refractivity contribution in [2.45, 2.75) is 25.9 Å². The Morgan fingerprint density at radius 2 is 2.18 bits per heavy atom. The van der Waals surface area contributed by atoms with Crippen molar-refractivity contribution in [2.24, 2.45) is 0 Å². The molecular weight excluding hydrogens is 220 g/mol. The molecule has 1 N–H and O–H groups in total. The van der Waals surface area contributed by atoms with Crippen molar-refractivity contribution >= 4 is 6.29 Å². The number of benzene rings is 1. The van der Waals surface area contributed by atoms with Crippen LogP contribution in [0.3, 0.4) is 0 Å². The summed E-state index contributed by atoms with van der Waals surface area (Å²) in [5, 5.41) is 9.83. The number of hydrogen-bond acceptors (Lipinski definition) is 4. The summed E-state index contributed by atoms with van der Waals surface area (Å²) < 4.78 is 10.5. The number of rotatable bonds is 6. The molecule has 0 aliphatic heterocycles. The van der Waals surface area contributed by atoms with Gasteiger partial charge < -0.3 is 14.6 Å². The van der Waals surface area contributed by atoms with Crippen LogP contribution in [0.5, 0.6) is 11.5 Å². The van der Waals surface area contributed by atoms with Gasteiger partial charge in [0.2, 0.25) is 0 Å². The molecule has 0 aliphatic carbocycles. The van der Waals surface area contributed by atoms with E-state index in [1.165, 1.54) is 0 Å². The molecule has 0 saturated carbocycles. The first-order valence-electron chi connectivity index (χ1n) is 5.51. The molecule has 0 heterocycles. The highest BCUT2D eigenvalue weighted by atomic mass is 16.5. The minimum Gasteiger partial charge on any atom is -0.497 e. The van der Waals surface area contributed by atoms with E-state index in [2.05, 4.69) is 0 Å². The molecule has 1 unspecified atom stereocenters. The Bertz CT molecular complexity index is 385. The van der Waals surface area contributed by atoms with Crippen molar-refractivity contribution in [3.05, 3.63) is 23.8 Å². The van der Waals surface area contributed by atoms with Crippen LogP contribution in [0.1, 0.15) is 30.6 Å². The highest BCUT2D eigenvalue weighted by molar-refractivity contribution is 5.79. The van der Waals surface area contributed by atoms with E-state index in [0.717, 1.165) is 6.29 Å². The normalized spacial score (nSPS) is 13.9. The van der Waals surface area contributed by atoms with E-state index in [1.807, 2.05) is 6.92 Å². The number of methoxy groups -OCH3 is 1. The zero-order chi connectivity index (χ0) is 12.9. The fourth-order valence-corrected chi connectivity index (χ4v) is 1.20. The quantitative estimate of drug-likeness (QED) is 0.771. The summed E-state index contributed by atoms with van der Waals surface area (Å²) in [6.45, 7) is 3.70. The Morgan fingerprint density at radius 3 is 2.71 bits per heavy atom. The predicted octanol–water partition coefficient (Wildman–Crippen LogP) is 2.05. The monoisotopic (exact) mass is 238 g/mol. The minimum atomic E-state index is -0.900. The molecule has 0 spiro atoms. The Hall–Kier alpha value is -1.55. The smallest absolute Gasteiger partial charge is 0.153 e. The second-order valence-electron chi connectivity index (χ2n) is 4.16. The van der Waals surface area contributed by atoms with Gasteiger partial charge >= 0.3 is 0 Å². The Kier molecular flexibility index (Phi) is 4.52. The maximum atomic E-state index is 10.8. The standard InChI is InChI=1S/C13H18O4/c1-4-13(2,15)9-17-12-7-11(16-3)6-5-10(12)8-14/h5-8,15H,4,9H2,1-3H3. The highest BCUT2D eigenvalue weighted by Gasteiger charge is 2.19. The molecule has 94 valence electrons. The fourth-order valence-electron chi connectivity index (χ4n) is 1.20. The summed E-state index contributed by atoms with van der Waals surface area (Å²) in [5.74, 6) is 1.04. The first-order chi connectivity index (χ1) is 8.02. The lowest BCUT2D eigenvalue weighted by molar-refractivity contribution is 0.00820. The number of carbonyl (C=O) groups is 1. The zero-order valence-corrected chi connectivity index (χ0v) is 10.4. The van der Waals surface area contributed by atoms with Gasteiger partial charge in [-0.15, -0.1) is 0 Å². The van der Waals surface area contributed by atoms with Crippen LogP contribution < -0.4 is 9.47 Å². The Morgan fingerprint density at radius 1 is 1.47 bits per heavy atom. The Labute approximate surface area is 101 Å². The summed E-state index contributed by atoms with van der Waals surface area (Å²) >= 11 is 0. The van der Waals surface area contributed by atoms with Gasteiger partial charge in [-0.2, -0.15) is 0 Å². The van der Waals surface area contributed by atoms with E-state index in [0.29, 0.717) is 23.5 Å². The first kappa shape index (κ1) is 13.5. The molecule has 17 heavy (non-hydrogen) atoms. The lowest BCUT2D eigenvalue weighted by atomic mass is 10.1. The maximum absolute atomic E-state index is 10.8. The van der Waals surface area contributed by atoms with Gasteiger partial charge in [0.15, 0.2) is 6.29 Å². The number of carbonyl (C=O) groups excluding carboxylic acids is 1. The fraction of sp³-hybridized carbons (Fsp3) is 0.462. The third-order valence-electron chi connectivity index (χ3n) is 2.65. The average Bonchev–Trinajstić information content (AvgIpc) is 2.36. The number of aliphatic hydroxyl groups is 1. The topological polar surface area (TPSA) is 55.8 Å². The molecule has 0 radical (unpaired) electrons. The molecule has 0 amide bonds. The van der Waals surface area contributed by atoms with Crippen molar-refractivity contribution in [3.63, 3.8) is 0 Å². The van der Waals surface area contributed by atoms with Gasteiger partial charge in [0, 0.05) is 6.07 Å². The van der Waals surface area contributed by atoms with E-state index in [-0.39, 0.29) is 6.61 Å². The summed E-state index contributed by atoms with van der Waals surface area (Å²) in [6.07, 6.45) is 1.29. The third kappa shape index (κ3) is 3.75. The molecule has 0 aliphatic rings. The van der Waals surface area contributed by atoms with E-state index in [4.69, 9.17) is 9.47 Å². The average molecular weight is 238 g/mol. The van der Waals surface area contributed by atoms with E-state index >= 15 is 0 Å². The lowest BCUT2D eigenvalue weighted by Gasteiger charge is -2.22. The first-order valence-corrected chi connectivity index (χ1v) is 5.51. The van der Waals surface area contributed by atoms with E-state index in [9.17, 15) is 9.90 Å².